The summed E-state index contributed by atoms with van der Waals surface area (Å²) in [6.07, 6.45) is 1.05. The molecule has 0 aliphatic carbocycles. The number of benzene rings is 3. The fourth-order valence-electron chi connectivity index (χ4n) is 3.60. The van der Waals surface area contributed by atoms with Crippen LogP contribution in [0.25, 0.3) is 0 Å². The number of anilines is 1. The Hall–Kier alpha value is -3.85. The average molecular weight is 510 g/mol. The molecule has 1 N–H and O–H groups in total. The fraction of sp³-hybridized carbons (Fsp3) is 0.259. The van der Waals surface area contributed by atoms with Gasteiger partial charge in [0, 0.05) is 13.1 Å². The Labute approximate surface area is 212 Å². The van der Waals surface area contributed by atoms with E-state index in [1.54, 1.807) is 38.1 Å². The van der Waals surface area contributed by atoms with Crippen LogP contribution in [0.3, 0.4) is 0 Å². The van der Waals surface area contributed by atoms with E-state index in [0.29, 0.717) is 23.7 Å². The molecule has 0 aliphatic heterocycles. The monoisotopic (exact) mass is 509 g/mol. The lowest BCUT2D eigenvalue weighted by molar-refractivity contribution is -0.139. The Kier molecular flexibility index (Phi) is 9.08. The van der Waals surface area contributed by atoms with Gasteiger partial charge in [-0.05, 0) is 55.8 Å². The Bertz CT molecular complexity index is 1250. The van der Waals surface area contributed by atoms with Gasteiger partial charge in [0.1, 0.15) is 24.1 Å². The zero-order valence-corrected chi connectivity index (χ0v) is 21.4. The van der Waals surface area contributed by atoms with Gasteiger partial charge in [0.15, 0.2) is 0 Å². The molecule has 0 saturated carbocycles. The summed E-state index contributed by atoms with van der Waals surface area (Å²) in [6.45, 7) is 3.56. The Morgan fingerprint density at radius 2 is 1.44 bits per heavy atom. The number of carbonyl (C=O) groups excluding carboxylic acids is 2. The standard InChI is InChI=1S/C27H31N3O5S/c1-4-28-27(32)21(2)29(19-22-11-7-5-8-12-22)26(31)20-30(36(3,33)34)23-15-17-25(18-16-23)35-24-13-9-6-10-14-24/h5-18,21H,4,19-20H2,1-3H3,(H,28,32)/t21-/m0/s1. The predicted molar refractivity (Wildman–Crippen MR) is 140 cm³/mol. The van der Waals surface area contributed by atoms with Crippen LogP contribution in [0, 0.1) is 0 Å². The maximum absolute atomic E-state index is 13.5. The molecule has 0 fully saturated rings. The third kappa shape index (κ3) is 7.32. The van der Waals surface area contributed by atoms with Crippen molar-refractivity contribution < 1.29 is 22.7 Å². The first-order chi connectivity index (χ1) is 17.2. The number of amides is 2. The zero-order chi connectivity index (χ0) is 26.1. The maximum Gasteiger partial charge on any atom is 0.244 e. The van der Waals surface area contributed by atoms with Gasteiger partial charge < -0.3 is 15.0 Å². The Morgan fingerprint density at radius 3 is 2.00 bits per heavy atom. The first-order valence-corrected chi connectivity index (χ1v) is 13.5. The largest absolute Gasteiger partial charge is 0.457 e. The highest BCUT2D eigenvalue weighted by molar-refractivity contribution is 7.92. The Morgan fingerprint density at radius 1 is 0.889 bits per heavy atom. The molecule has 3 aromatic carbocycles. The lowest BCUT2D eigenvalue weighted by atomic mass is 10.1. The van der Waals surface area contributed by atoms with Gasteiger partial charge in [0.05, 0.1) is 11.9 Å². The molecular weight excluding hydrogens is 478 g/mol. The van der Waals surface area contributed by atoms with Gasteiger partial charge in [0.2, 0.25) is 21.8 Å². The van der Waals surface area contributed by atoms with Crippen LogP contribution in [0.15, 0.2) is 84.9 Å². The molecular formula is C27H31N3O5S. The van der Waals surface area contributed by atoms with Crippen LogP contribution < -0.4 is 14.4 Å². The second-order valence-electron chi connectivity index (χ2n) is 8.26. The van der Waals surface area contributed by atoms with Gasteiger partial charge in [0.25, 0.3) is 0 Å². The van der Waals surface area contributed by atoms with Gasteiger partial charge in [-0.25, -0.2) is 8.42 Å². The van der Waals surface area contributed by atoms with E-state index in [4.69, 9.17) is 4.74 Å². The number of para-hydroxylation sites is 1. The molecule has 1 atom stereocenters. The molecule has 3 rings (SSSR count). The SMILES string of the molecule is CCNC(=O)[C@H](C)N(Cc1ccccc1)C(=O)CN(c1ccc(Oc2ccccc2)cc1)S(C)(=O)=O. The molecule has 0 aromatic heterocycles. The van der Waals surface area contributed by atoms with Gasteiger partial charge >= 0.3 is 0 Å². The molecule has 0 bridgehead atoms. The van der Waals surface area contributed by atoms with Crippen molar-refractivity contribution in [2.75, 3.05) is 23.7 Å². The van der Waals surface area contributed by atoms with Crippen molar-refractivity contribution >= 4 is 27.5 Å². The fourth-order valence-corrected chi connectivity index (χ4v) is 4.45. The van der Waals surface area contributed by atoms with Gasteiger partial charge in [-0.3, -0.25) is 13.9 Å². The summed E-state index contributed by atoms with van der Waals surface area (Å²) < 4.78 is 32.2. The summed E-state index contributed by atoms with van der Waals surface area (Å²) in [6, 6.07) is 24.1. The molecule has 0 aliphatic rings. The van der Waals surface area contributed by atoms with Crippen LogP contribution in [0.1, 0.15) is 19.4 Å². The zero-order valence-electron chi connectivity index (χ0n) is 20.6. The maximum atomic E-state index is 13.5. The summed E-state index contributed by atoms with van der Waals surface area (Å²) in [4.78, 5) is 27.4. The molecule has 0 unspecified atom stereocenters. The summed E-state index contributed by atoms with van der Waals surface area (Å²) in [7, 11) is -3.80. The van der Waals surface area contributed by atoms with Crippen LogP contribution in [0.5, 0.6) is 11.5 Å². The van der Waals surface area contributed by atoms with E-state index in [1.165, 1.54) is 4.90 Å². The number of hydrogen-bond donors (Lipinski definition) is 1. The number of hydrogen-bond acceptors (Lipinski definition) is 5. The second-order valence-corrected chi connectivity index (χ2v) is 10.2. The number of sulfonamides is 1. The van der Waals surface area contributed by atoms with E-state index in [9.17, 15) is 18.0 Å². The third-order valence-electron chi connectivity index (χ3n) is 5.50. The average Bonchev–Trinajstić information content (AvgIpc) is 2.86. The van der Waals surface area contributed by atoms with E-state index in [-0.39, 0.29) is 12.5 Å². The summed E-state index contributed by atoms with van der Waals surface area (Å²) in [5.74, 6) is 0.374. The first-order valence-electron chi connectivity index (χ1n) is 11.6. The van der Waals surface area contributed by atoms with E-state index in [0.717, 1.165) is 16.1 Å². The number of ether oxygens (including phenoxy) is 1. The number of nitrogens with one attached hydrogen (secondary N) is 1. The van der Waals surface area contributed by atoms with Gasteiger partial charge in [-0.1, -0.05) is 48.5 Å². The number of carbonyl (C=O) groups is 2. The summed E-state index contributed by atoms with van der Waals surface area (Å²) >= 11 is 0. The summed E-state index contributed by atoms with van der Waals surface area (Å²) in [5, 5.41) is 2.73. The highest BCUT2D eigenvalue weighted by Crippen LogP contribution is 2.26. The predicted octanol–water partition coefficient (Wildman–Crippen LogP) is 3.80. The quantitative estimate of drug-likeness (QED) is 0.424. The Balaban J connectivity index is 1.84. The molecule has 0 radical (unpaired) electrons. The van der Waals surface area contributed by atoms with Crippen molar-refractivity contribution in [3.8, 4) is 11.5 Å². The van der Waals surface area contributed by atoms with Crippen LogP contribution in [0.2, 0.25) is 0 Å². The molecule has 9 heteroatoms. The highest BCUT2D eigenvalue weighted by atomic mass is 32.2. The number of nitrogens with zero attached hydrogens (tertiary/aromatic N) is 2. The van der Waals surface area contributed by atoms with Crippen LogP contribution in [-0.4, -0.2) is 50.5 Å². The van der Waals surface area contributed by atoms with Crippen LogP contribution in [-0.2, 0) is 26.2 Å². The minimum atomic E-state index is -3.80. The molecule has 0 spiro atoms. The lowest BCUT2D eigenvalue weighted by Gasteiger charge is -2.31. The van der Waals surface area contributed by atoms with E-state index in [2.05, 4.69) is 5.32 Å². The van der Waals surface area contributed by atoms with Crippen molar-refractivity contribution in [3.63, 3.8) is 0 Å². The number of rotatable bonds is 11. The van der Waals surface area contributed by atoms with Crippen LogP contribution >= 0.6 is 0 Å². The first kappa shape index (κ1) is 26.7. The van der Waals surface area contributed by atoms with E-state index >= 15 is 0 Å². The highest BCUT2D eigenvalue weighted by Gasteiger charge is 2.29. The summed E-state index contributed by atoms with van der Waals surface area (Å²) in [5.41, 5.74) is 1.15. The van der Waals surface area contributed by atoms with Crippen molar-refractivity contribution in [2.45, 2.75) is 26.4 Å². The normalized spacial score (nSPS) is 11.9. The minimum absolute atomic E-state index is 0.166. The molecule has 3 aromatic rings. The van der Waals surface area contributed by atoms with Gasteiger partial charge in [-0.2, -0.15) is 0 Å². The van der Waals surface area contributed by atoms with Crippen molar-refractivity contribution in [1.29, 1.82) is 0 Å². The molecule has 2 amide bonds. The molecule has 8 nitrogen and oxygen atoms in total. The van der Waals surface area contributed by atoms with E-state index < -0.39 is 28.5 Å². The van der Waals surface area contributed by atoms with Crippen LogP contribution in [0.4, 0.5) is 5.69 Å². The lowest BCUT2D eigenvalue weighted by Crippen LogP contribution is -2.51. The smallest absolute Gasteiger partial charge is 0.244 e. The van der Waals surface area contributed by atoms with Crippen molar-refractivity contribution in [1.82, 2.24) is 10.2 Å². The minimum Gasteiger partial charge on any atom is -0.457 e. The van der Waals surface area contributed by atoms with Crippen molar-refractivity contribution in [3.05, 3.63) is 90.5 Å². The molecule has 0 heterocycles. The molecule has 0 saturated heterocycles. The van der Waals surface area contributed by atoms with Crippen molar-refractivity contribution in [2.24, 2.45) is 0 Å². The number of likely N-dealkylation sites (N-methyl/N-ethyl adjacent to an activating group) is 1. The third-order valence-corrected chi connectivity index (χ3v) is 6.64. The molecule has 36 heavy (non-hydrogen) atoms. The van der Waals surface area contributed by atoms with E-state index in [1.807, 2.05) is 60.7 Å². The molecule has 190 valence electrons. The second kappa shape index (κ2) is 12.2. The van der Waals surface area contributed by atoms with Gasteiger partial charge in [-0.15, -0.1) is 0 Å². The topological polar surface area (TPSA) is 96.0 Å².